The molecule has 1 aromatic carbocycles. The van der Waals surface area contributed by atoms with Crippen LogP contribution in [0.25, 0.3) is 0 Å². The Bertz CT molecular complexity index is 402. The van der Waals surface area contributed by atoms with Crippen LogP contribution >= 0.6 is 0 Å². The van der Waals surface area contributed by atoms with Gasteiger partial charge < -0.3 is 0 Å². The van der Waals surface area contributed by atoms with Crippen molar-refractivity contribution < 1.29 is 12.8 Å². The molecule has 0 aliphatic carbocycles. The van der Waals surface area contributed by atoms with Crippen LogP contribution in [0, 0.1) is 6.92 Å². The topological polar surface area (TPSA) is 60.2 Å². The normalized spacial score (nSPS) is 14.1. The Balaban J connectivity index is 3.17. The summed E-state index contributed by atoms with van der Waals surface area (Å²) in [5.74, 6) is 0. The van der Waals surface area contributed by atoms with Gasteiger partial charge >= 0.3 is 0 Å². The fourth-order valence-electron chi connectivity index (χ4n) is 1.02. The molecule has 0 radical (unpaired) electrons. The maximum atomic E-state index is 13.2. The molecule has 5 heteroatoms. The van der Waals surface area contributed by atoms with Gasteiger partial charge in [0.2, 0.25) is 15.5 Å². The van der Waals surface area contributed by atoms with Crippen LogP contribution in [-0.4, -0.2) is 8.42 Å². The molecule has 0 aliphatic rings. The molecule has 1 unspecified atom stereocenters. The molecule has 0 bridgehead atoms. The molecule has 0 saturated heterocycles. The molecule has 0 fully saturated rings. The predicted molar refractivity (Wildman–Crippen MR) is 48.1 cm³/mol. The summed E-state index contributed by atoms with van der Waals surface area (Å²) in [6.45, 7) is 1.63. The number of nitrogens with two attached hydrogens (primary N) is 1. The van der Waals surface area contributed by atoms with E-state index in [1.54, 1.807) is 25.1 Å². The molecule has 1 atom stereocenters. The van der Waals surface area contributed by atoms with Crippen LogP contribution in [0.5, 0.6) is 0 Å². The van der Waals surface area contributed by atoms with Crippen molar-refractivity contribution in [2.45, 2.75) is 12.4 Å². The lowest BCUT2D eigenvalue weighted by molar-refractivity contribution is 0.430. The first kappa shape index (κ1) is 10.1. The van der Waals surface area contributed by atoms with Gasteiger partial charge in [0.15, 0.2) is 0 Å². The van der Waals surface area contributed by atoms with Crippen LogP contribution in [0.1, 0.15) is 16.6 Å². The standard InChI is InChI=1S/C8H10FNO2S/c1-6-4-2-3-5-7(6)8(9)13(10,11)12/h2-5,8H,1H3,(H2,10,11,12). The molecule has 2 N–H and O–H groups in total. The Morgan fingerprint density at radius 3 is 2.38 bits per heavy atom. The third kappa shape index (κ3) is 2.26. The molecule has 0 spiro atoms. The third-order valence-corrected chi connectivity index (χ3v) is 2.55. The number of rotatable bonds is 2. The summed E-state index contributed by atoms with van der Waals surface area (Å²) in [6, 6.07) is 6.31. The third-order valence-electron chi connectivity index (χ3n) is 1.72. The number of hydrogen-bond acceptors (Lipinski definition) is 2. The molecular weight excluding hydrogens is 193 g/mol. The molecule has 72 valence electrons. The summed E-state index contributed by atoms with van der Waals surface area (Å²) in [6.07, 6.45) is 0. The van der Waals surface area contributed by atoms with E-state index in [9.17, 15) is 12.8 Å². The fourth-order valence-corrected chi connectivity index (χ4v) is 1.64. The van der Waals surface area contributed by atoms with Gasteiger partial charge in [-0.1, -0.05) is 24.3 Å². The van der Waals surface area contributed by atoms with Crippen LogP contribution in [0.3, 0.4) is 0 Å². The van der Waals surface area contributed by atoms with Gasteiger partial charge in [-0.2, -0.15) is 0 Å². The van der Waals surface area contributed by atoms with Crippen molar-refractivity contribution >= 4 is 10.0 Å². The van der Waals surface area contributed by atoms with E-state index in [0.29, 0.717) is 5.56 Å². The minimum atomic E-state index is -4.15. The van der Waals surface area contributed by atoms with Gasteiger partial charge in [-0.25, -0.2) is 17.9 Å². The lowest BCUT2D eigenvalue weighted by atomic mass is 10.1. The maximum Gasteiger partial charge on any atom is 0.245 e. The average molecular weight is 203 g/mol. The number of primary sulfonamides is 1. The quantitative estimate of drug-likeness (QED) is 0.786. The maximum absolute atomic E-state index is 13.2. The van der Waals surface area contributed by atoms with Gasteiger partial charge in [0.05, 0.1) is 0 Å². The minimum Gasteiger partial charge on any atom is -0.226 e. The smallest absolute Gasteiger partial charge is 0.226 e. The fraction of sp³-hybridized carbons (Fsp3) is 0.250. The second-order valence-corrected chi connectivity index (χ2v) is 4.35. The van der Waals surface area contributed by atoms with E-state index >= 15 is 0 Å². The number of aryl methyl sites for hydroxylation is 1. The highest BCUT2D eigenvalue weighted by atomic mass is 32.2. The predicted octanol–water partition coefficient (Wildman–Crippen LogP) is 1.25. The zero-order valence-corrected chi connectivity index (χ0v) is 7.88. The number of sulfonamides is 1. The molecule has 0 aliphatic heterocycles. The number of hydrogen-bond donors (Lipinski definition) is 1. The Labute approximate surface area is 76.4 Å². The molecule has 3 nitrogen and oxygen atoms in total. The minimum absolute atomic E-state index is 0.102. The van der Waals surface area contributed by atoms with Crippen molar-refractivity contribution in [1.29, 1.82) is 0 Å². The molecular formula is C8H10FNO2S. The Morgan fingerprint density at radius 2 is 1.92 bits per heavy atom. The molecule has 1 rings (SSSR count). The Morgan fingerprint density at radius 1 is 1.38 bits per heavy atom. The van der Waals surface area contributed by atoms with Crippen molar-refractivity contribution in [3.05, 3.63) is 35.4 Å². The first-order valence-electron chi connectivity index (χ1n) is 3.64. The SMILES string of the molecule is Cc1ccccc1C(F)S(N)(=O)=O. The number of benzene rings is 1. The second kappa shape index (κ2) is 3.43. The summed E-state index contributed by atoms with van der Waals surface area (Å²) in [5, 5.41) is 4.68. The molecule has 1 aromatic rings. The average Bonchev–Trinajstić information content (AvgIpc) is 2.02. The Kier molecular flexibility index (Phi) is 2.68. The lowest BCUT2D eigenvalue weighted by Crippen LogP contribution is -2.18. The number of halogens is 1. The molecule has 0 amide bonds. The molecule has 0 heterocycles. The van der Waals surface area contributed by atoms with E-state index in [1.165, 1.54) is 6.07 Å². The van der Waals surface area contributed by atoms with Gasteiger partial charge in [0.25, 0.3) is 0 Å². The van der Waals surface area contributed by atoms with Crippen molar-refractivity contribution in [2.75, 3.05) is 0 Å². The van der Waals surface area contributed by atoms with E-state index in [1.807, 2.05) is 0 Å². The largest absolute Gasteiger partial charge is 0.245 e. The number of alkyl halides is 1. The molecule has 13 heavy (non-hydrogen) atoms. The van der Waals surface area contributed by atoms with E-state index in [0.717, 1.165) is 0 Å². The summed E-state index contributed by atoms with van der Waals surface area (Å²) in [7, 11) is -4.15. The van der Waals surface area contributed by atoms with Crippen LogP contribution in [0.15, 0.2) is 24.3 Å². The van der Waals surface area contributed by atoms with Gasteiger partial charge in [-0.15, -0.1) is 0 Å². The first-order chi connectivity index (χ1) is 5.93. The van der Waals surface area contributed by atoms with Gasteiger partial charge in [-0.3, -0.25) is 0 Å². The highest BCUT2D eigenvalue weighted by Crippen LogP contribution is 2.24. The monoisotopic (exact) mass is 203 g/mol. The van der Waals surface area contributed by atoms with Gasteiger partial charge in [0.1, 0.15) is 0 Å². The summed E-state index contributed by atoms with van der Waals surface area (Å²) >= 11 is 0. The first-order valence-corrected chi connectivity index (χ1v) is 5.25. The van der Waals surface area contributed by atoms with Crippen LogP contribution in [-0.2, 0) is 10.0 Å². The summed E-state index contributed by atoms with van der Waals surface area (Å²) in [5.41, 5.74) is -1.46. The van der Waals surface area contributed by atoms with Gasteiger partial charge in [-0.05, 0) is 12.5 Å². The van der Waals surface area contributed by atoms with Crippen molar-refractivity contribution in [3.8, 4) is 0 Å². The lowest BCUT2D eigenvalue weighted by Gasteiger charge is -2.08. The zero-order valence-electron chi connectivity index (χ0n) is 7.07. The van der Waals surface area contributed by atoms with Crippen molar-refractivity contribution in [2.24, 2.45) is 5.14 Å². The Hall–Kier alpha value is -0.940. The molecule has 0 aromatic heterocycles. The molecule has 0 saturated carbocycles. The van der Waals surface area contributed by atoms with E-state index in [4.69, 9.17) is 0 Å². The van der Waals surface area contributed by atoms with E-state index in [-0.39, 0.29) is 5.56 Å². The summed E-state index contributed by atoms with van der Waals surface area (Å²) < 4.78 is 34.6. The van der Waals surface area contributed by atoms with Crippen molar-refractivity contribution in [3.63, 3.8) is 0 Å². The van der Waals surface area contributed by atoms with Crippen LogP contribution < -0.4 is 5.14 Å². The van der Waals surface area contributed by atoms with Crippen LogP contribution in [0.4, 0.5) is 4.39 Å². The highest BCUT2D eigenvalue weighted by Gasteiger charge is 2.23. The van der Waals surface area contributed by atoms with Crippen molar-refractivity contribution in [1.82, 2.24) is 0 Å². The second-order valence-electron chi connectivity index (χ2n) is 2.76. The highest BCUT2D eigenvalue weighted by molar-refractivity contribution is 7.89. The summed E-state index contributed by atoms with van der Waals surface area (Å²) in [4.78, 5) is 0. The van der Waals surface area contributed by atoms with E-state index < -0.39 is 15.5 Å². The zero-order chi connectivity index (χ0) is 10.1. The van der Waals surface area contributed by atoms with Gasteiger partial charge in [0, 0.05) is 5.56 Å². The van der Waals surface area contributed by atoms with Crippen LogP contribution in [0.2, 0.25) is 0 Å². The van der Waals surface area contributed by atoms with E-state index in [2.05, 4.69) is 5.14 Å².